The second kappa shape index (κ2) is 4.61. The molecular weight excluding hydrogens is 256 g/mol. The van der Waals surface area contributed by atoms with Crippen molar-refractivity contribution in [1.29, 1.82) is 0 Å². The summed E-state index contributed by atoms with van der Waals surface area (Å²) in [6.45, 7) is 2.27. The Morgan fingerprint density at radius 3 is 2.86 bits per heavy atom. The highest BCUT2D eigenvalue weighted by atomic mass is 15.1. The zero-order chi connectivity index (χ0) is 13.8. The zero-order valence-corrected chi connectivity index (χ0v) is 12.7. The van der Waals surface area contributed by atoms with Crippen molar-refractivity contribution in [2.24, 2.45) is 0 Å². The van der Waals surface area contributed by atoms with Gasteiger partial charge in [-0.15, -0.1) is 0 Å². The monoisotopic (exact) mass is 280 g/mol. The highest BCUT2D eigenvalue weighted by Gasteiger charge is 2.30. The Morgan fingerprint density at radius 1 is 1.05 bits per heavy atom. The first kappa shape index (κ1) is 12.3. The molecule has 1 aromatic heterocycles. The molecule has 0 saturated heterocycles. The molecule has 2 heteroatoms. The number of nitrogens with one attached hydrogen (secondary N) is 1. The number of rotatable bonds is 1. The third kappa shape index (κ3) is 1.75. The molecule has 1 atom stereocenters. The maximum absolute atomic E-state index is 3.73. The number of hydrogen-bond acceptors (Lipinski definition) is 1. The van der Waals surface area contributed by atoms with Crippen LogP contribution in [-0.2, 0) is 13.0 Å². The minimum absolute atomic E-state index is 0.616. The normalized spacial score (nSPS) is 25.4. The lowest BCUT2D eigenvalue weighted by Crippen LogP contribution is -2.35. The Morgan fingerprint density at radius 2 is 1.95 bits per heavy atom. The van der Waals surface area contributed by atoms with Crippen LogP contribution < -0.4 is 5.32 Å². The van der Waals surface area contributed by atoms with Crippen molar-refractivity contribution in [2.75, 3.05) is 6.54 Å². The van der Waals surface area contributed by atoms with Crippen molar-refractivity contribution < 1.29 is 0 Å². The summed E-state index contributed by atoms with van der Waals surface area (Å²) in [5, 5.41) is 5.30. The lowest BCUT2D eigenvalue weighted by molar-refractivity contribution is 0.384. The molecule has 21 heavy (non-hydrogen) atoms. The molecular formula is C19H24N2. The van der Waals surface area contributed by atoms with Crippen LogP contribution in [0, 0.1) is 0 Å². The second-order valence-corrected chi connectivity index (χ2v) is 7.17. The van der Waals surface area contributed by atoms with Crippen LogP contribution in [0.1, 0.15) is 67.3 Å². The summed E-state index contributed by atoms with van der Waals surface area (Å²) >= 11 is 0. The number of benzene rings is 1. The van der Waals surface area contributed by atoms with E-state index in [4.69, 9.17) is 0 Å². The van der Waals surface area contributed by atoms with E-state index in [1.54, 1.807) is 22.2 Å². The number of nitrogens with zero attached hydrogens (tertiary/aromatic N) is 1. The van der Waals surface area contributed by atoms with Crippen LogP contribution >= 0.6 is 0 Å². The van der Waals surface area contributed by atoms with Crippen LogP contribution in [0.15, 0.2) is 18.2 Å². The van der Waals surface area contributed by atoms with Crippen molar-refractivity contribution >= 4 is 10.9 Å². The molecule has 3 aliphatic rings. The van der Waals surface area contributed by atoms with Gasteiger partial charge in [-0.1, -0.05) is 18.9 Å². The summed E-state index contributed by atoms with van der Waals surface area (Å²) in [4.78, 5) is 0. The van der Waals surface area contributed by atoms with Gasteiger partial charge in [0, 0.05) is 35.7 Å². The van der Waals surface area contributed by atoms with Crippen molar-refractivity contribution in [3.63, 3.8) is 0 Å². The Hall–Kier alpha value is -1.28. The molecule has 2 aromatic rings. The first-order chi connectivity index (χ1) is 10.4. The highest BCUT2D eigenvalue weighted by molar-refractivity contribution is 5.87. The summed E-state index contributed by atoms with van der Waals surface area (Å²) in [5.41, 5.74) is 6.38. The second-order valence-electron chi connectivity index (χ2n) is 7.17. The van der Waals surface area contributed by atoms with Gasteiger partial charge in [0.1, 0.15) is 0 Å². The van der Waals surface area contributed by atoms with Crippen molar-refractivity contribution in [2.45, 2.75) is 63.5 Å². The Bertz CT molecular complexity index is 689. The molecule has 2 nitrogen and oxygen atoms in total. The van der Waals surface area contributed by atoms with E-state index in [-0.39, 0.29) is 0 Å². The van der Waals surface area contributed by atoms with E-state index in [0.717, 1.165) is 19.0 Å². The van der Waals surface area contributed by atoms with Gasteiger partial charge in [0.25, 0.3) is 0 Å². The van der Waals surface area contributed by atoms with E-state index in [2.05, 4.69) is 28.1 Å². The summed E-state index contributed by atoms with van der Waals surface area (Å²) in [5.74, 6) is 0.830. The molecule has 2 aliphatic carbocycles. The lowest BCUT2D eigenvalue weighted by atomic mass is 9.89. The van der Waals surface area contributed by atoms with Crippen LogP contribution in [0.2, 0.25) is 0 Å². The van der Waals surface area contributed by atoms with Crippen LogP contribution in [0.25, 0.3) is 10.9 Å². The van der Waals surface area contributed by atoms with Gasteiger partial charge in [-0.25, -0.2) is 0 Å². The molecule has 0 bridgehead atoms. The molecule has 5 rings (SSSR count). The van der Waals surface area contributed by atoms with Crippen molar-refractivity contribution in [3.8, 4) is 0 Å². The minimum Gasteiger partial charge on any atom is -0.342 e. The SMILES string of the molecule is c1cc2c(cc1C1CCCC1)c1c3n2CCN[C@H]3CCC1. The predicted octanol–water partition coefficient (Wildman–Crippen LogP) is 4.28. The van der Waals surface area contributed by atoms with Crippen LogP contribution in [0.4, 0.5) is 0 Å². The van der Waals surface area contributed by atoms with Gasteiger partial charge in [-0.05, 0) is 61.3 Å². The van der Waals surface area contributed by atoms with Gasteiger partial charge >= 0.3 is 0 Å². The van der Waals surface area contributed by atoms with Crippen molar-refractivity contribution in [3.05, 3.63) is 35.0 Å². The van der Waals surface area contributed by atoms with Gasteiger partial charge in [-0.3, -0.25) is 0 Å². The number of aromatic nitrogens is 1. The molecule has 1 saturated carbocycles. The first-order valence-corrected chi connectivity index (χ1v) is 8.80. The Labute approximate surface area is 126 Å². The van der Waals surface area contributed by atoms with Gasteiger partial charge < -0.3 is 9.88 Å². The van der Waals surface area contributed by atoms with Gasteiger partial charge in [0.05, 0.1) is 0 Å². The first-order valence-electron chi connectivity index (χ1n) is 8.80. The number of aryl methyl sites for hydroxylation is 1. The van der Waals surface area contributed by atoms with E-state index in [1.807, 2.05) is 0 Å². The topological polar surface area (TPSA) is 17.0 Å². The fourth-order valence-corrected chi connectivity index (χ4v) is 5.05. The Kier molecular flexibility index (Phi) is 2.69. The van der Waals surface area contributed by atoms with E-state index in [1.165, 1.54) is 50.5 Å². The molecule has 1 aliphatic heterocycles. The van der Waals surface area contributed by atoms with Gasteiger partial charge in [0.15, 0.2) is 0 Å². The van der Waals surface area contributed by atoms with Gasteiger partial charge in [0.2, 0.25) is 0 Å². The average molecular weight is 280 g/mol. The molecule has 1 N–H and O–H groups in total. The maximum Gasteiger partial charge on any atom is 0.0486 e. The third-order valence-electron chi connectivity index (χ3n) is 6.04. The third-order valence-corrected chi connectivity index (χ3v) is 6.04. The highest BCUT2D eigenvalue weighted by Crippen LogP contribution is 2.41. The molecule has 1 fully saturated rings. The van der Waals surface area contributed by atoms with Crippen molar-refractivity contribution in [1.82, 2.24) is 9.88 Å². The smallest absolute Gasteiger partial charge is 0.0486 e. The molecule has 2 heterocycles. The molecule has 110 valence electrons. The minimum atomic E-state index is 0.616. The fraction of sp³-hybridized carbons (Fsp3) is 0.579. The van der Waals surface area contributed by atoms with Crippen LogP contribution in [0.3, 0.4) is 0 Å². The summed E-state index contributed by atoms with van der Waals surface area (Å²) in [6.07, 6.45) is 9.60. The lowest BCUT2D eigenvalue weighted by Gasteiger charge is -2.31. The molecule has 0 spiro atoms. The molecule has 1 aromatic carbocycles. The van der Waals surface area contributed by atoms with E-state index in [0.29, 0.717) is 6.04 Å². The summed E-state index contributed by atoms with van der Waals surface area (Å²) in [7, 11) is 0. The number of hydrogen-bond donors (Lipinski definition) is 1. The maximum atomic E-state index is 3.73. The van der Waals surface area contributed by atoms with E-state index >= 15 is 0 Å². The fourth-order valence-electron chi connectivity index (χ4n) is 5.05. The summed E-state index contributed by atoms with van der Waals surface area (Å²) < 4.78 is 2.61. The quantitative estimate of drug-likeness (QED) is 0.825. The van der Waals surface area contributed by atoms with E-state index in [9.17, 15) is 0 Å². The van der Waals surface area contributed by atoms with Crippen LogP contribution in [-0.4, -0.2) is 11.1 Å². The molecule has 0 amide bonds. The Balaban J connectivity index is 1.71. The average Bonchev–Trinajstić information content (AvgIpc) is 3.16. The standard InChI is InChI=1S/C19H24N2/c1-2-5-13(4-1)14-8-9-18-16(12-14)15-6-3-7-17-19(15)21(18)11-10-20-17/h8-9,12-13,17,20H,1-7,10-11H2/t17-/m0/s1. The molecule has 0 unspecified atom stereocenters. The van der Waals surface area contributed by atoms with E-state index < -0.39 is 0 Å². The van der Waals surface area contributed by atoms with Gasteiger partial charge in [-0.2, -0.15) is 0 Å². The van der Waals surface area contributed by atoms with Crippen LogP contribution in [0.5, 0.6) is 0 Å². The summed E-state index contributed by atoms with van der Waals surface area (Å²) in [6, 6.07) is 8.01. The zero-order valence-electron chi connectivity index (χ0n) is 12.7. The largest absolute Gasteiger partial charge is 0.342 e. The molecule has 0 radical (unpaired) electrons. The predicted molar refractivity (Wildman–Crippen MR) is 86.8 cm³/mol. The number of fused-ring (bicyclic) bond motifs is 3.